The Morgan fingerprint density at radius 3 is 2.61 bits per heavy atom. The van der Waals surface area contributed by atoms with Crippen molar-refractivity contribution in [1.82, 2.24) is 10.2 Å². The summed E-state index contributed by atoms with van der Waals surface area (Å²) in [5.41, 5.74) is 4.71. The third kappa shape index (κ3) is 2.91. The average molecular weight is 289 g/mol. The molecule has 1 fully saturated rings. The van der Waals surface area contributed by atoms with Gasteiger partial charge < -0.3 is 10.5 Å². The summed E-state index contributed by atoms with van der Waals surface area (Å²) >= 11 is 0.873. The summed E-state index contributed by atoms with van der Waals surface area (Å²) in [7, 11) is -1.25. The van der Waals surface area contributed by atoms with E-state index in [1.165, 1.54) is 0 Å². The van der Waals surface area contributed by atoms with Crippen LogP contribution in [-0.2, 0) is 15.5 Å². The van der Waals surface area contributed by atoms with Crippen molar-refractivity contribution in [2.24, 2.45) is 5.73 Å². The predicted molar refractivity (Wildman–Crippen MR) is 63.6 cm³/mol. The zero-order chi connectivity index (χ0) is 13.1. The van der Waals surface area contributed by atoms with Gasteiger partial charge in [0.15, 0.2) is 0 Å². The molecule has 0 bridgehead atoms. The number of hydrogen-bond acceptors (Lipinski definition) is 7. The molecule has 1 heterocycles. The minimum absolute atomic E-state index is 0.0814. The van der Waals surface area contributed by atoms with Crippen molar-refractivity contribution in [3.05, 3.63) is 5.01 Å². The van der Waals surface area contributed by atoms with Crippen molar-refractivity contribution in [3.63, 3.8) is 0 Å². The maximum Gasteiger partial charge on any atom is 0.412 e. The summed E-state index contributed by atoms with van der Waals surface area (Å²) in [5.74, 6) is -0.963. The second kappa shape index (κ2) is 5.53. The molecular formula is C9H11N3O4S2. The van der Waals surface area contributed by atoms with E-state index >= 15 is 0 Å². The Morgan fingerprint density at radius 2 is 2.00 bits per heavy atom. The van der Waals surface area contributed by atoms with Crippen LogP contribution in [-0.4, -0.2) is 31.7 Å². The van der Waals surface area contributed by atoms with Crippen LogP contribution in [0, 0.1) is 0 Å². The highest BCUT2D eigenvalue weighted by Crippen LogP contribution is 2.28. The second-order valence-corrected chi connectivity index (χ2v) is 6.67. The summed E-state index contributed by atoms with van der Waals surface area (Å²) in [6.45, 7) is 0. The van der Waals surface area contributed by atoms with Crippen LogP contribution in [0.5, 0.6) is 0 Å². The molecule has 98 valence electrons. The smallest absolute Gasteiger partial charge is 0.371 e. The highest BCUT2D eigenvalue weighted by atomic mass is 32.2. The first-order chi connectivity index (χ1) is 8.58. The zero-order valence-electron chi connectivity index (χ0n) is 9.33. The molecule has 1 aromatic heterocycles. The molecule has 18 heavy (non-hydrogen) atoms. The number of nitrogens with zero attached hydrogens (tertiary/aromatic N) is 2. The fraction of sp³-hybridized carbons (Fsp3) is 0.556. The normalized spacial score (nSPS) is 17.6. The summed E-state index contributed by atoms with van der Waals surface area (Å²) in [6.07, 6.45) is 2.71. The number of nitrogens with two attached hydrogens (primary N) is 1. The topological polar surface area (TPSA) is 112 Å². The molecule has 1 aromatic rings. The van der Waals surface area contributed by atoms with E-state index in [1.807, 2.05) is 0 Å². The largest absolute Gasteiger partial charge is 0.412 e. The lowest BCUT2D eigenvalue weighted by Gasteiger charge is -2.03. The number of rotatable bonds is 3. The van der Waals surface area contributed by atoms with E-state index in [1.54, 1.807) is 0 Å². The van der Waals surface area contributed by atoms with Gasteiger partial charge in [0.05, 0.1) is 10.8 Å². The van der Waals surface area contributed by atoms with Gasteiger partial charge in [-0.05, 0) is 12.8 Å². The van der Waals surface area contributed by atoms with Gasteiger partial charge in [0.2, 0.25) is 9.35 Å². The number of ether oxygens (including phenoxy) is 1. The Balaban J connectivity index is 2.07. The Kier molecular flexibility index (Phi) is 4.02. The fourth-order valence-electron chi connectivity index (χ4n) is 1.75. The van der Waals surface area contributed by atoms with Crippen molar-refractivity contribution in [2.45, 2.75) is 35.3 Å². The maximum absolute atomic E-state index is 12.1. The molecule has 0 aromatic carbocycles. The molecule has 2 N–H and O–H groups in total. The number of carbonyl (C=O) groups excluding carboxylic acids is 2. The van der Waals surface area contributed by atoms with E-state index in [0.717, 1.165) is 37.0 Å². The van der Waals surface area contributed by atoms with Gasteiger partial charge in [0.1, 0.15) is 0 Å². The maximum atomic E-state index is 12.1. The first-order valence-corrected chi connectivity index (χ1v) is 7.36. The molecule has 1 unspecified atom stereocenters. The lowest BCUT2D eigenvalue weighted by Crippen LogP contribution is -2.18. The van der Waals surface area contributed by atoms with Crippen LogP contribution < -0.4 is 5.73 Å². The highest BCUT2D eigenvalue weighted by molar-refractivity contribution is 7.87. The molecule has 7 nitrogen and oxygen atoms in total. The standard InChI is InChI=1S/C9H11N3O4S2/c10-8(14)16-7(13)6-11-12-9(17-6)18(15)5-3-1-2-4-5/h5H,1-4H2,(H2,10,14). The van der Waals surface area contributed by atoms with Crippen LogP contribution in [0.15, 0.2) is 4.34 Å². The molecular weight excluding hydrogens is 278 g/mol. The van der Waals surface area contributed by atoms with Gasteiger partial charge in [-0.2, -0.15) is 0 Å². The van der Waals surface area contributed by atoms with Gasteiger partial charge in [0, 0.05) is 5.25 Å². The first-order valence-electron chi connectivity index (χ1n) is 5.33. The van der Waals surface area contributed by atoms with Gasteiger partial charge in [-0.25, -0.2) is 9.59 Å². The average Bonchev–Trinajstić information content (AvgIpc) is 2.99. The third-order valence-corrected chi connectivity index (χ3v) is 5.49. The Bertz CT molecular complexity index is 496. The SMILES string of the molecule is NC(=O)OC(=O)c1nnc(S(=O)C2CCCC2)s1. The van der Waals surface area contributed by atoms with E-state index in [2.05, 4.69) is 14.9 Å². The molecule has 9 heteroatoms. The van der Waals surface area contributed by atoms with E-state index in [9.17, 15) is 13.8 Å². The summed E-state index contributed by atoms with van der Waals surface area (Å²) in [5, 5.41) is 7.23. The van der Waals surface area contributed by atoms with Crippen molar-refractivity contribution < 1.29 is 18.5 Å². The van der Waals surface area contributed by atoms with Crippen LogP contribution in [0.1, 0.15) is 35.5 Å². The number of aromatic nitrogens is 2. The Hall–Kier alpha value is -1.35. The Labute approximate surface area is 109 Å². The predicted octanol–water partition coefficient (Wildman–Crippen LogP) is 0.824. The second-order valence-electron chi connectivity index (χ2n) is 3.79. The fourth-order valence-corrected chi connectivity index (χ4v) is 4.35. The van der Waals surface area contributed by atoms with Gasteiger partial charge in [-0.3, -0.25) is 4.21 Å². The molecule has 1 aliphatic rings. The van der Waals surface area contributed by atoms with Crippen molar-refractivity contribution in [3.8, 4) is 0 Å². The molecule has 1 atom stereocenters. The zero-order valence-corrected chi connectivity index (χ0v) is 11.0. The quantitative estimate of drug-likeness (QED) is 0.651. The van der Waals surface area contributed by atoms with Crippen molar-refractivity contribution >= 4 is 34.2 Å². The van der Waals surface area contributed by atoms with Crippen LogP contribution in [0.2, 0.25) is 0 Å². The number of carbonyl (C=O) groups is 2. The summed E-state index contributed by atoms with van der Waals surface area (Å²) < 4.78 is 16.5. The van der Waals surface area contributed by atoms with Gasteiger partial charge in [0.25, 0.3) is 0 Å². The number of primary amides is 1. The number of esters is 1. The molecule has 1 amide bonds. The molecule has 0 radical (unpaired) electrons. The minimum Gasteiger partial charge on any atom is -0.371 e. The molecule has 0 saturated heterocycles. The minimum atomic E-state index is -1.25. The van der Waals surface area contributed by atoms with Gasteiger partial charge >= 0.3 is 12.1 Å². The molecule has 0 aliphatic heterocycles. The number of hydrogen-bond donors (Lipinski definition) is 1. The van der Waals surface area contributed by atoms with Crippen LogP contribution in [0.25, 0.3) is 0 Å². The summed E-state index contributed by atoms with van der Waals surface area (Å²) in [6, 6.07) is 0. The van der Waals surface area contributed by atoms with Gasteiger partial charge in [-0.1, -0.05) is 24.2 Å². The van der Waals surface area contributed by atoms with E-state index in [0.29, 0.717) is 4.34 Å². The highest BCUT2D eigenvalue weighted by Gasteiger charge is 2.27. The molecule has 0 spiro atoms. The van der Waals surface area contributed by atoms with E-state index in [-0.39, 0.29) is 10.3 Å². The summed E-state index contributed by atoms with van der Waals surface area (Å²) in [4.78, 5) is 21.7. The lowest BCUT2D eigenvalue weighted by atomic mass is 10.4. The first kappa shape index (κ1) is 13.1. The van der Waals surface area contributed by atoms with Crippen molar-refractivity contribution in [2.75, 3.05) is 0 Å². The van der Waals surface area contributed by atoms with E-state index < -0.39 is 22.9 Å². The van der Waals surface area contributed by atoms with Crippen LogP contribution in [0.4, 0.5) is 4.79 Å². The van der Waals surface area contributed by atoms with Gasteiger partial charge in [-0.15, -0.1) is 10.2 Å². The number of amides is 1. The monoisotopic (exact) mass is 289 g/mol. The molecule has 1 aliphatic carbocycles. The molecule has 1 saturated carbocycles. The van der Waals surface area contributed by atoms with Crippen LogP contribution >= 0.6 is 11.3 Å². The Morgan fingerprint density at radius 1 is 1.33 bits per heavy atom. The third-order valence-electron chi connectivity index (χ3n) is 2.55. The van der Waals surface area contributed by atoms with Crippen molar-refractivity contribution in [1.29, 1.82) is 0 Å². The molecule has 2 rings (SSSR count). The van der Waals surface area contributed by atoms with Crippen LogP contribution in [0.3, 0.4) is 0 Å². The lowest BCUT2D eigenvalue weighted by molar-refractivity contribution is 0.0637. The van der Waals surface area contributed by atoms with E-state index in [4.69, 9.17) is 5.73 Å².